The van der Waals surface area contributed by atoms with E-state index in [9.17, 15) is 4.79 Å². The van der Waals surface area contributed by atoms with Gasteiger partial charge >= 0.3 is 0 Å². The number of carbonyl (C=O) groups excluding carboxylic acids is 1. The Hall–Kier alpha value is -3.56. The molecule has 10 heteroatoms. The van der Waals surface area contributed by atoms with Crippen LogP contribution < -0.4 is 11.2 Å². The molecule has 0 radical (unpaired) electrons. The number of hydrazone groups is 1. The molecule has 3 aromatic rings. The molecule has 0 saturated carbocycles. The van der Waals surface area contributed by atoms with E-state index in [4.69, 9.17) is 5.73 Å². The third-order valence-corrected chi connectivity index (χ3v) is 3.62. The predicted octanol–water partition coefficient (Wildman–Crippen LogP) is 1.43. The highest BCUT2D eigenvalue weighted by Crippen LogP contribution is 2.22. The smallest absolute Gasteiger partial charge is 0.293 e. The molecule has 26 heavy (non-hydrogen) atoms. The van der Waals surface area contributed by atoms with E-state index in [0.717, 1.165) is 11.1 Å². The molecule has 0 saturated heterocycles. The SMILES string of the molecule is Cc1ccc(C=NNC(=O)c2nnn(-c3nonc3N)c2C(C)C)cc1. The normalized spacial score (nSPS) is 11.4. The maximum atomic E-state index is 12.5. The number of hydrogen-bond donors (Lipinski definition) is 2. The lowest BCUT2D eigenvalue weighted by molar-refractivity contribution is 0.0948. The van der Waals surface area contributed by atoms with E-state index < -0.39 is 5.91 Å². The van der Waals surface area contributed by atoms with Crippen LogP contribution in [0.1, 0.15) is 47.1 Å². The van der Waals surface area contributed by atoms with E-state index >= 15 is 0 Å². The first kappa shape index (κ1) is 17.3. The molecule has 3 rings (SSSR count). The quantitative estimate of drug-likeness (QED) is 0.522. The lowest BCUT2D eigenvalue weighted by atomic mass is 10.1. The first-order chi connectivity index (χ1) is 12.5. The minimum Gasteiger partial charge on any atom is -0.378 e. The van der Waals surface area contributed by atoms with Gasteiger partial charge in [-0.3, -0.25) is 4.79 Å². The maximum absolute atomic E-state index is 12.5. The van der Waals surface area contributed by atoms with Gasteiger partial charge in [-0.25, -0.2) is 10.1 Å². The fraction of sp³-hybridized carbons (Fsp3) is 0.250. The maximum Gasteiger partial charge on any atom is 0.293 e. The minimum atomic E-state index is -0.488. The fourth-order valence-corrected chi connectivity index (χ4v) is 2.33. The minimum absolute atomic E-state index is 0.0566. The highest BCUT2D eigenvalue weighted by Gasteiger charge is 2.25. The van der Waals surface area contributed by atoms with Gasteiger partial charge in [-0.15, -0.1) is 5.10 Å². The highest BCUT2D eigenvalue weighted by atomic mass is 16.6. The second-order valence-electron chi connectivity index (χ2n) is 5.97. The summed E-state index contributed by atoms with van der Waals surface area (Å²) in [6.07, 6.45) is 1.55. The van der Waals surface area contributed by atoms with E-state index in [2.05, 4.69) is 35.8 Å². The fourth-order valence-electron chi connectivity index (χ4n) is 2.33. The van der Waals surface area contributed by atoms with Gasteiger partial charge < -0.3 is 5.73 Å². The van der Waals surface area contributed by atoms with Gasteiger partial charge in [-0.1, -0.05) is 48.9 Å². The number of carbonyl (C=O) groups is 1. The molecule has 2 aromatic heterocycles. The third-order valence-electron chi connectivity index (χ3n) is 3.62. The Kier molecular flexibility index (Phi) is 4.74. The van der Waals surface area contributed by atoms with Gasteiger partial charge in [-0.05, 0) is 28.7 Å². The molecule has 0 aliphatic heterocycles. The Balaban J connectivity index is 1.82. The van der Waals surface area contributed by atoms with E-state index in [-0.39, 0.29) is 23.2 Å². The zero-order valence-corrected chi connectivity index (χ0v) is 14.5. The summed E-state index contributed by atoms with van der Waals surface area (Å²) in [6, 6.07) is 7.73. The topological polar surface area (TPSA) is 137 Å². The van der Waals surface area contributed by atoms with Gasteiger partial charge in [0.25, 0.3) is 5.91 Å². The number of nitrogens with two attached hydrogens (primary N) is 1. The molecule has 134 valence electrons. The van der Waals surface area contributed by atoms with Crippen molar-refractivity contribution in [2.24, 2.45) is 5.10 Å². The molecule has 3 N–H and O–H groups in total. The molecule has 0 fully saturated rings. The summed E-state index contributed by atoms with van der Waals surface area (Å²) in [5.41, 5.74) is 10.8. The zero-order valence-electron chi connectivity index (χ0n) is 14.5. The number of rotatable bonds is 5. The zero-order chi connectivity index (χ0) is 18.7. The number of nitrogens with zero attached hydrogens (tertiary/aromatic N) is 6. The van der Waals surface area contributed by atoms with Gasteiger partial charge in [0.15, 0.2) is 5.69 Å². The van der Waals surface area contributed by atoms with E-state index in [0.29, 0.717) is 5.69 Å². The van der Waals surface area contributed by atoms with Crippen molar-refractivity contribution in [2.45, 2.75) is 26.7 Å². The van der Waals surface area contributed by atoms with Crippen LogP contribution in [0.15, 0.2) is 34.0 Å². The predicted molar refractivity (Wildman–Crippen MR) is 94.0 cm³/mol. The number of hydrogen-bond acceptors (Lipinski definition) is 8. The average Bonchev–Trinajstić information content (AvgIpc) is 3.22. The summed E-state index contributed by atoms with van der Waals surface area (Å²) in [5.74, 6) is -0.328. The Morgan fingerprint density at radius 2 is 2.04 bits per heavy atom. The Bertz CT molecular complexity index is 940. The molecule has 1 aromatic carbocycles. The average molecular weight is 354 g/mol. The summed E-state index contributed by atoms with van der Waals surface area (Å²) >= 11 is 0. The molecule has 0 spiro atoms. The summed E-state index contributed by atoms with van der Waals surface area (Å²) in [4.78, 5) is 12.5. The highest BCUT2D eigenvalue weighted by molar-refractivity contribution is 5.94. The van der Waals surface area contributed by atoms with Gasteiger partial charge in [-0.2, -0.15) is 9.78 Å². The van der Waals surface area contributed by atoms with Crippen molar-refractivity contribution >= 4 is 17.9 Å². The number of nitrogens with one attached hydrogen (secondary N) is 1. The first-order valence-electron chi connectivity index (χ1n) is 7.91. The molecule has 0 aliphatic rings. The largest absolute Gasteiger partial charge is 0.378 e. The van der Waals surface area contributed by atoms with Gasteiger partial charge in [0.2, 0.25) is 11.6 Å². The van der Waals surface area contributed by atoms with Crippen molar-refractivity contribution in [1.82, 2.24) is 30.7 Å². The molecular formula is C16H18N8O2. The van der Waals surface area contributed by atoms with Crippen LogP contribution in [0.25, 0.3) is 5.82 Å². The summed E-state index contributed by atoms with van der Waals surface area (Å²) in [7, 11) is 0. The summed E-state index contributed by atoms with van der Waals surface area (Å²) in [6.45, 7) is 5.78. The molecule has 1 amide bonds. The summed E-state index contributed by atoms with van der Waals surface area (Å²) < 4.78 is 5.93. The van der Waals surface area contributed by atoms with Crippen LogP contribution in [0.5, 0.6) is 0 Å². The second kappa shape index (κ2) is 7.13. The number of aromatic nitrogens is 5. The monoisotopic (exact) mass is 354 g/mol. The molecule has 0 unspecified atom stereocenters. The Morgan fingerprint density at radius 3 is 2.65 bits per heavy atom. The third kappa shape index (κ3) is 3.43. The van der Waals surface area contributed by atoms with Gasteiger partial charge in [0.05, 0.1) is 11.9 Å². The second-order valence-corrected chi connectivity index (χ2v) is 5.97. The van der Waals surface area contributed by atoms with Crippen LogP contribution in [0.2, 0.25) is 0 Å². The van der Waals surface area contributed by atoms with E-state index in [1.165, 1.54) is 4.68 Å². The summed E-state index contributed by atoms with van der Waals surface area (Å²) in [5, 5.41) is 19.1. The Morgan fingerprint density at radius 1 is 1.31 bits per heavy atom. The van der Waals surface area contributed by atoms with Crippen LogP contribution in [-0.2, 0) is 0 Å². The number of aryl methyl sites for hydroxylation is 1. The lowest BCUT2D eigenvalue weighted by Gasteiger charge is -2.08. The van der Waals surface area contributed by atoms with Crippen LogP contribution >= 0.6 is 0 Å². The number of benzene rings is 1. The van der Waals surface area contributed by atoms with E-state index in [1.54, 1.807) is 6.21 Å². The molecule has 0 aliphatic carbocycles. The van der Waals surface area contributed by atoms with Crippen molar-refractivity contribution in [3.63, 3.8) is 0 Å². The standard InChI is InChI=1S/C16H18N8O2/c1-9(2)13-12(19-23-24(13)15-14(17)21-26-22-15)16(25)20-18-8-11-6-4-10(3)5-7-11/h4-9H,1-3H3,(H2,17,21)(H,20,25). The van der Waals surface area contributed by atoms with Crippen molar-refractivity contribution in [3.8, 4) is 5.82 Å². The number of nitrogen functional groups attached to an aromatic ring is 1. The Labute approximate surface area is 149 Å². The molecule has 2 heterocycles. The molecule has 0 atom stereocenters. The van der Waals surface area contributed by atoms with Crippen LogP contribution in [0.4, 0.5) is 5.82 Å². The molecule has 10 nitrogen and oxygen atoms in total. The van der Waals surface area contributed by atoms with Crippen molar-refractivity contribution < 1.29 is 9.42 Å². The van der Waals surface area contributed by atoms with E-state index in [1.807, 2.05) is 45.0 Å². The van der Waals surface area contributed by atoms with Gasteiger partial charge in [0.1, 0.15) is 0 Å². The molecular weight excluding hydrogens is 336 g/mol. The van der Waals surface area contributed by atoms with Crippen LogP contribution in [0.3, 0.4) is 0 Å². The van der Waals surface area contributed by atoms with Crippen LogP contribution in [-0.4, -0.2) is 37.4 Å². The lowest BCUT2D eigenvalue weighted by Crippen LogP contribution is -2.21. The number of amides is 1. The van der Waals surface area contributed by atoms with Crippen LogP contribution in [0, 0.1) is 6.92 Å². The van der Waals surface area contributed by atoms with Crippen molar-refractivity contribution in [1.29, 1.82) is 0 Å². The first-order valence-corrected chi connectivity index (χ1v) is 7.91. The number of anilines is 1. The van der Waals surface area contributed by atoms with Crippen molar-refractivity contribution in [2.75, 3.05) is 5.73 Å². The van der Waals surface area contributed by atoms with Gasteiger partial charge in [0, 0.05) is 0 Å². The van der Waals surface area contributed by atoms with Crippen molar-refractivity contribution in [3.05, 3.63) is 46.8 Å². The molecule has 0 bridgehead atoms.